The van der Waals surface area contributed by atoms with Gasteiger partial charge in [-0.1, -0.05) is 177 Å². The Kier molecular flexibility index (Phi) is 12.7. The van der Waals surface area contributed by atoms with Gasteiger partial charge in [0.1, 0.15) is 0 Å². The molecule has 0 aliphatic carbocycles. The van der Waals surface area contributed by atoms with Crippen molar-refractivity contribution in [2.24, 2.45) is 10.8 Å². The predicted molar refractivity (Wildman–Crippen MR) is 202 cm³/mol. The standard InChI is InChI=1S/2C22H26F3NO/c2*1-19(2,3)20(4,16-12-8-6-9-13-16)21(5,17-14-10-7-11-15-17)26-18(27)22(23,24)25/h2*6-15H,1-5H3,(H,26,27)/t2*20-,21-/m11/s1. The second kappa shape index (κ2) is 15.6. The smallest absolute Gasteiger partial charge is 0.338 e. The lowest BCUT2D eigenvalue weighted by molar-refractivity contribution is -0.177. The summed E-state index contributed by atoms with van der Waals surface area (Å²) in [6, 6.07) is 36.4. The second-order valence-electron chi connectivity index (χ2n) is 16.4. The number of carbonyl (C=O) groups is 2. The summed E-state index contributed by atoms with van der Waals surface area (Å²) in [5.41, 5.74) is -2.31. The minimum atomic E-state index is -4.97. The first-order chi connectivity index (χ1) is 24.7. The van der Waals surface area contributed by atoms with Gasteiger partial charge in [0.05, 0.1) is 11.1 Å². The normalized spacial score (nSPS) is 16.9. The van der Waals surface area contributed by atoms with Crippen molar-refractivity contribution in [3.05, 3.63) is 144 Å². The van der Waals surface area contributed by atoms with Crippen molar-refractivity contribution in [1.29, 1.82) is 0 Å². The lowest BCUT2D eigenvalue weighted by Crippen LogP contribution is -2.63. The summed E-state index contributed by atoms with van der Waals surface area (Å²) in [6.45, 7) is 19.0. The van der Waals surface area contributed by atoms with E-state index < -0.39 is 56.9 Å². The maximum Gasteiger partial charge on any atom is 0.471 e. The number of rotatable bonds is 8. The molecule has 10 heteroatoms. The van der Waals surface area contributed by atoms with Gasteiger partial charge in [0.15, 0.2) is 0 Å². The van der Waals surface area contributed by atoms with Gasteiger partial charge in [0.2, 0.25) is 0 Å². The number of hydrogen-bond donors (Lipinski definition) is 2. The molecule has 0 fully saturated rings. The molecule has 4 rings (SSSR count). The first-order valence-electron chi connectivity index (χ1n) is 17.7. The van der Waals surface area contributed by atoms with Gasteiger partial charge in [-0.2, -0.15) is 26.3 Å². The predicted octanol–water partition coefficient (Wildman–Crippen LogP) is 11.2. The van der Waals surface area contributed by atoms with Crippen molar-refractivity contribution in [1.82, 2.24) is 10.6 Å². The van der Waals surface area contributed by atoms with Crippen molar-refractivity contribution in [2.75, 3.05) is 0 Å². The van der Waals surface area contributed by atoms with Crippen molar-refractivity contribution < 1.29 is 35.9 Å². The lowest BCUT2D eigenvalue weighted by atomic mass is 9.52. The van der Waals surface area contributed by atoms with Gasteiger partial charge in [0, 0.05) is 10.8 Å². The monoisotopic (exact) mass is 754 g/mol. The zero-order chi connectivity index (χ0) is 41.0. The van der Waals surface area contributed by atoms with Gasteiger partial charge in [0.25, 0.3) is 0 Å². The van der Waals surface area contributed by atoms with Gasteiger partial charge < -0.3 is 10.6 Å². The molecule has 0 spiro atoms. The van der Waals surface area contributed by atoms with E-state index in [-0.39, 0.29) is 0 Å². The number of alkyl halides is 6. The summed E-state index contributed by atoms with van der Waals surface area (Å²) < 4.78 is 79.0. The molecule has 0 aromatic heterocycles. The van der Waals surface area contributed by atoms with Crippen LogP contribution >= 0.6 is 0 Å². The molecule has 0 heterocycles. The number of hydrogen-bond acceptors (Lipinski definition) is 2. The molecule has 4 aromatic carbocycles. The molecule has 0 saturated carbocycles. The van der Waals surface area contributed by atoms with Crippen LogP contribution in [0.3, 0.4) is 0 Å². The molecule has 54 heavy (non-hydrogen) atoms. The minimum absolute atomic E-state index is 0.474. The molecule has 0 aliphatic heterocycles. The second-order valence-corrected chi connectivity index (χ2v) is 16.4. The fourth-order valence-electron chi connectivity index (χ4n) is 7.60. The first-order valence-corrected chi connectivity index (χ1v) is 17.7. The maximum atomic E-state index is 13.2. The molecule has 0 saturated heterocycles. The number of benzene rings is 4. The van der Waals surface area contributed by atoms with Crippen molar-refractivity contribution in [3.63, 3.8) is 0 Å². The Morgan fingerprint density at radius 1 is 0.370 bits per heavy atom. The van der Waals surface area contributed by atoms with Crippen LogP contribution in [0, 0.1) is 10.8 Å². The highest BCUT2D eigenvalue weighted by Gasteiger charge is 2.58. The summed E-state index contributed by atoms with van der Waals surface area (Å²) >= 11 is 0. The van der Waals surface area contributed by atoms with Crippen molar-refractivity contribution >= 4 is 11.8 Å². The Bertz CT molecular complexity index is 1700. The summed E-state index contributed by atoms with van der Waals surface area (Å²) in [5, 5.41) is 4.66. The average Bonchev–Trinajstić information content (AvgIpc) is 3.10. The Labute approximate surface area is 315 Å². The summed E-state index contributed by atoms with van der Waals surface area (Å²) in [5.74, 6) is -3.89. The van der Waals surface area contributed by atoms with Crippen LogP contribution in [0.5, 0.6) is 0 Å². The number of carbonyl (C=O) groups excluding carboxylic acids is 2. The molecular formula is C44H52F6N2O2. The molecule has 0 unspecified atom stereocenters. The van der Waals surface area contributed by atoms with Crippen molar-refractivity contribution in [2.45, 2.75) is 103 Å². The molecular weight excluding hydrogens is 702 g/mol. The van der Waals surface area contributed by atoms with Crippen LogP contribution in [-0.2, 0) is 31.5 Å². The number of nitrogens with one attached hydrogen (secondary N) is 2. The molecule has 0 aliphatic rings. The van der Waals surface area contributed by atoms with Gasteiger partial charge in [-0.25, -0.2) is 0 Å². The molecule has 0 bridgehead atoms. The van der Waals surface area contributed by atoms with Crippen molar-refractivity contribution in [3.8, 4) is 0 Å². The zero-order valence-electron chi connectivity index (χ0n) is 32.6. The fraction of sp³-hybridized carbons (Fsp3) is 0.409. The van der Waals surface area contributed by atoms with Crippen LogP contribution in [-0.4, -0.2) is 24.2 Å². The topological polar surface area (TPSA) is 58.2 Å². The first kappa shape index (κ1) is 43.8. The third-order valence-electron chi connectivity index (χ3n) is 11.6. The van der Waals surface area contributed by atoms with Gasteiger partial charge in [-0.3, -0.25) is 9.59 Å². The molecule has 2 N–H and O–H groups in total. The highest BCUT2D eigenvalue weighted by molar-refractivity contribution is 5.83. The van der Waals surface area contributed by atoms with E-state index in [0.29, 0.717) is 11.1 Å². The van der Waals surface area contributed by atoms with Crippen LogP contribution in [0.2, 0.25) is 0 Å². The van der Waals surface area contributed by atoms with E-state index in [1.165, 1.54) is 0 Å². The number of halogens is 6. The average molecular weight is 755 g/mol. The highest BCUT2D eigenvalue weighted by Crippen LogP contribution is 2.54. The highest BCUT2D eigenvalue weighted by atomic mass is 19.4. The summed E-state index contributed by atoms with van der Waals surface area (Å²) in [6.07, 6.45) is -9.93. The van der Waals surface area contributed by atoms with Gasteiger partial charge in [-0.05, 0) is 46.9 Å². The molecule has 292 valence electrons. The summed E-state index contributed by atoms with van der Waals surface area (Å²) in [7, 11) is 0. The molecule has 0 radical (unpaired) electrons. The van der Waals surface area contributed by atoms with Gasteiger partial charge in [-0.15, -0.1) is 0 Å². The zero-order valence-corrected chi connectivity index (χ0v) is 32.6. The van der Waals surface area contributed by atoms with Crippen LogP contribution in [0.1, 0.15) is 91.5 Å². The van der Waals surface area contributed by atoms with Crippen LogP contribution in [0.4, 0.5) is 26.3 Å². The Hall–Kier alpha value is -4.60. The Morgan fingerprint density at radius 3 is 0.759 bits per heavy atom. The summed E-state index contributed by atoms with van der Waals surface area (Å²) in [4.78, 5) is 24.0. The Morgan fingerprint density at radius 2 is 0.574 bits per heavy atom. The minimum Gasteiger partial charge on any atom is -0.338 e. The van der Waals surface area contributed by atoms with E-state index in [4.69, 9.17) is 0 Å². The lowest BCUT2D eigenvalue weighted by Gasteiger charge is -2.55. The van der Waals surface area contributed by atoms with E-state index in [1.807, 2.05) is 116 Å². The third-order valence-corrected chi connectivity index (χ3v) is 11.6. The van der Waals surface area contributed by atoms with Gasteiger partial charge >= 0.3 is 24.2 Å². The van der Waals surface area contributed by atoms with Crippen LogP contribution in [0.25, 0.3) is 0 Å². The van der Waals surface area contributed by atoms with E-state index in [1.54, 1.807) is 74.5 Å². The van der Waals surface area contributed by atoms with E-state index >= 15 is 0 Å². The van der Waals surface area contributed by atoms with Crippen LogP contribution < -0.4 is 10.6 Å². The van der Waals surface area contributed by atoms with E-state index in [2.05, 4.69) is 10.6 Å². The maximum absolute atomic E-state index is 13.2. The van der Waals surface area contributed by atoms with E-state index in [9.17, 15) is 35.9 Å². The largest absolute Gasteiger partial charge is 0.471 e. The third kappa shape index (κ3) is 8.53. The quantitative estimate of drug-likeness (QED) is 0.176. The SMILES string of the molecule is CC(C)(C)[C@@](C)(c1ccccc1)[C@](C)(NC(=O)C(F)(F)F)c1ccccc1.CC(C)(C)[C@@](C)(c1ccccc1)[C@](C)(NC(=O)C(F)(F)F)c1ccccc1. The molecule has 2 amide bonds. The van der Waals surface area contributed by atoms with E-state index in [0.717, 1.165) is 11.1 Å². The molecule has 4 nitrogen and oxygen atoms in total. The van der Waals surface area contributed by atoms with Crippen LogP contribution in [0.15, 0.2) is 121 Å². The molecule has 4 aromatic rings. The Balaban J connectivity index is 0.000000290. The number of amides is 2. The molecule has 4 atom stereocenters. The fourth-order valence-corrected chi connectivity index (χ4v) is 7.60.